The average molecular weight is 275 g/mol. The van der Waals surface area contributed by atoms with Crippen LogP contribution in [0.4, 0.5) is 0 Å². The van der Waals surface area contributed by atoms with Gasteiger partial charge in [0.25, 0.3) is 5.91 Å². The number of carbonyl (C=O) groups is 1. The fourth-order valence-electron chi connectivity index (χ4n) is 2.79. The van der Waals surface area contributed by atoms with Crippen LogP contribution in [0.3, 0.4) is 0 Å². The van der Waals surface area contributed by atoms with E-state index in [9.17, 15) is 4.79 Å². The van der Waals surface area contributed by atoms with Crippen LogP contribution in [0.2, 0.25) is 0 Å². The first kappa shape index (κ1) is 14.9. The largest absolute Gasteiger partial charge is 0.340 e. The second kappa shape index (κ2) is 6.75. The van der Waals surface area contributed by atoms with Crippen molar-refractivity contribution in [2.75, 3.05) is 26.2 Å². The van der Waals surface area contributed by atoms with E-state index >= 15 is 0 Å². The van der Waals surface area contributed by atoms with Crippen LogP contribution < -0.4 is 5.32 Å². The predicted octanol–water partition coefficient (Wildman–Crippen LogP) is 2.45. The van der Waals surface area contributed by atoms with E-state index in [0.717, 1.165) is 37.2 Å². The van der Waals surface area contributed by atoms with Gasteiger partial charge in [0.15, 0.2) is 0 Å². The topological polar surface area (TPSA) is 37.3 Å². The van der Waals surface area contributed by atoms with Crippen molar-refractivity contribution in [3.05, 3.63) is 36.2 Å². The van der Waals surface area contributed by atoms with Crippen molar-refractivity contribution in [2.45, 2.75) is 32.7 Å². The fourth-order valence-corrected chi connectivity index (χ4v) is 2.79. The Bertz CT molecular complexity index is 472. The molecule has 2 heterocycles. The zero-order valence-electron chi connectivity index (χ0n) is 12.6. The molecule has 4 nitrogen and oxygen atoms in total. The maximum atomic E-state index is 12.7. The molecule has 110 valence electrons. The van der Waals surface area contributed by atoms with Gasteiger partial charge < -0.3 is 14.8 Å². The van der Waals surface area contributed by atoms with Crippen LogP contribution in [0.25, 0.3) is 0 Å². The second-order valence-electron chi connectivity index (χ2n) is 5.56. The third-order valence-corrected chi connectivity index (χ3v) is 3.83. The van der Waals surface area contributed by atoms with Crippen molar-refractivity contribution in [3.8, 4) is 0 Å². The first-order valence-electron chi connectivity index (χ1n) is 7.44. The van der Waals surface area contributed by atoms with E-state index in [1.807, 2.05) is 37.1 Å². The highest BCUT2D eigenvalue weighted by Gasteiger charge is 2.22. The van der Waals surface area contributed by atoms with E-state index in [4.69, 9.17) is 0 Å². The van der Waals surface area contributed by atoms with E-state index in [1.54, 1.807) is 0 Å². The van der Waals surface area contributed by atoms with Gasteiger partial charge in [-0.3, -0.25) is 4.79 Å². The first-order chi connectivity index (χ1) is 9.63. The fraction of sp³-hybridized carbons (Fsp3) is 0.562. The maximum Gasteiger partial charge on any atom is 0.270 e. The van der Waals surface area contributed by atoms with Crippen molar-refractivity contribution < 1.29 is 4.79 Å². The third kappa shape index (κ3) is 3.31. The number of carbonyl (C=O) groups excluding carboxylic acids is 1. The van der Waals surface area contributed by atoms with Gasteiger partial charge >= 0.3 is 0 Å². The van der Waals surface area contributed by atoms with Crippen molar-refractivity contribution in [1.29, 1.82) is 0 Å². The summed E-state index contributed by atoms with van der Waals surface area (Å²) in [6.07, 6.45) is 4.21. The molecule has 1 aromatic heterocycles. The number of rotatable bonds is 5. The van der Waals surface area contributed by atoms with Crippen LogP contribution in [0, 0.1) is 0 Å². The Hall–Kier alpha value is -1.55. The molecule has 1 saturated heterocycles. The predicted molar refractivity (Wildman–Crippen MR) is 82.0 cm³/mol. The molecule has 1 aromatic rings. The molecule has 0 aromatic carbocycles. The number of hydrogen-bond acceptors (Lipinski definition) is 2. The summed E-state index contributed by atoms with van der Waals surface area (Å²) in [6, 6.07) is 4.35. The quantitative estimate of drug-likeness (QED) is 0.838. The van der Waals surface area contributed by atoms with Crippen molar-refractivity contribution in [1.82, 2.24) is 14.8 Å². The van der Waals surface area contributed by atoms with Crippen LogP contribution in [0.1, 0.15) is 43.2 Å². The molecular weight excluding hydrogens is 250 g/mol. The molecule has 1 aliphatic heterocycles. The van der Waals surface area contributed by atoms with Gasteiger partial charge in [-0.25, -0.2) is 0 Å². The van der Waals surface area contributed by atoms with E-state index in [2.05, 4.69) is 16.5 Å². The van der Waals surface area contributed by atoms with Gasteiger partial charge in [0, 0.05) is 25.3 Å². The summed E-state index contributed by atoms with van der Waals surface area (Å²) in [5.41, 5.74) is 1.82. The lowest BCUT2D eigenvalue weighted by atomic mass is 10.1. The van der Waals surface area contributed by atoms with Gasteiger partial charge in [0.1, 0.15) is 5.69 Å². The lowest BCUT2D eigenvalue weighted by Gasteiger charge is -2.28. The average Bonchev–Trinajstić information content (AvgIpc) is 2.94. The van der Waals surface area contributed by atoms with E-state index in [-0.39, 0.29) is 5.91 Å². The maximum absolute atomic E-state index is 12.7. The standard InChI is InChI=1S/C16H25N3O/c1-4-18(12-13(2)3)16(20)15-6-5-11-19(15)14-7-9-17-10-8-14/h5-6,11,14,17H,2,4,7-10,12H2,1,3H3. The second-order valence-corrected chi connectivity index (χ2v) is 5.56. The van der Waals surface area contributed by atoms with Gasteiger partial charge in [-0.1, -0.05) is 12.2 Å². The van der Waals surface area contributed by atoms with Crippen LogP contribution in [0.5, 0.6) is 0 Å². The molecule has 0 saturated carbocycles. The number of aromatic nitrogens is 1. The van der Waals surface area contributed by atoms with Crippen molar-refractivity contribution in [3.63, 3.8) is 0 Å². The number of piperidine rings is 1. The molecule has 0 radical (unpaired) electrons. The van der Waals surface area contributed by atoms with Gasteiger partial charge in [0.05, 0.1) is 0 Å². The summed E-state index contributed by atoms with van der Waals surface area (Å²) < 4.78 is 2.16. The van der Waals surface area contributed by atoms with E-state index in [1.165, 1.54) is 0 Å². The number of likely N-dealkylation sites (N-methyl/N-ethyl adjacent to an activating group) is 1. The summed E-state index contributed by atoms with van der Waals surface area (Å²) in [4.78, 5) is 14.5. The molecule has 1 amide bonds. The highest BCUT2D eigenvalue weighted by atomic mass is 16.2. The third-order valence-electron chi connectivity index (χ3n) is 3.83. The Morgan fingerprint density at radius 2 is 2.20 bits per heavy atom. The minimum absolute atomic E-state index is 0.110. The van der Waals surface area contributed by atoms with Gasteiger partial charge in [-0.15, -0.1) is 0 Å². The first-order valence-corrected chi connectivity index (χ1v) is 7.44. The number of amides is 1. The lowest BCUT2D eigenvalue weighted by Crippen LogP contribution is -2.35. The van der Waals surface area contributed by atoms with Gasteiger partial charge in [-0.2, -0.15) is 0 Å². The molecule has 1 fully saturated rings. The molecule has 0 aliphatic carbocycles. The van der Waals surface area contributed by atoms with E-state index in [0.29, 0.717) is 19.1 Å². The minimum Gasteiger partial charge on any atom is -0.340 e. The Morgan fingerprint density at radius 1 is 1.50 bits per heavy atom. The SMILES string of the molecule is C=C(C)CN(CC)C(=O)c1cccn1C1CCNCC1. The molecule has 1 aliphatic rings. The molecule has 0 atom stereocenters. The van der Waals surface area contributed by atoms with E-state index < -0.39 is 0 Å². The van der Waals surface area contributed by atoms with Crippen LogP contribution in [0.15, 0.2) is 30.5 Å². The number of nitrogens with zero attached hydrogens (tertiary/aromatic N) is 2. The molecule has 0 spiro atoms. The highest BCUT2D eigenvalue weighted by molar-refractivity contribution is 5.93. The Morgan fingerprint density at radius 3 is 2.80 bits per heavy atom. The smallest absolute Gasteiger partial charge is 0.270 e. The van der Waals surface area contributed by atoms with Crippen molar-refractivity contribution >= 4 is 5.91 Å². The molecule has 0 unspecified atom stereocenters. The highest BCUT2D eigenvalue weighted by Crippen LogP contribution is 2.22. The minimum atomic E-state index is 0.110. The summed E-state index contributed by atoms with van der Waals surface area (Å²) in [7, 11) is 0. The molecule has 4 heteroatoms. The zero-order valence-corrected chi connectivity index (χ0v) is 12.6. The molecule has 1 N–H and O–H groups in total. The Labute approximate surface area is 121 Å². The normalized spacial score (nSPS) is 16.1. The molecule has 2 rings (SSSR count). The van der Waals surface area contributed by atoms with Crippen LogP contribution in [-0.4, -0.2) is 41.6 Å². The van der Waals surface area contributed by atoms with Crippen molar-refractivity contribution in [2.24, 2.45) is 0 Å². The van der Waals surface area contributed by atoms with Crippen LogP contribution >= 0.6 is 0 Å². The summed E-state index contributed by atoms with van der Waals surface area (Å²) >= 11 is 0. The Balaban J connectivity index is 2.17. The Kier molecular flexibility index (Phi) is 5.01. The monoisotopic (exact) mass is 275 g/mol. The lowest BCUT2D eigenvalue weighted by molar-refractivity contribution is 0.0763. The number of hydrogen-bond donors (Lipinski definition) is 1. The molecule has 20 heavy (non-hydrogen) atoms. The van der Waals surface area contributed by atoms with Gasteiger partial charge in [-0.05, 0) is 51.9 Å². The summed E-state index contributed by atoms with van der Waals surface area (Å²) in [5, 5.41) is 3.37. The number of nitrogens with one attached hydrogen (secondary N) is 1. The molecule has 0 bridgehead atoms. The van der Waals surface area contributed by atoms with Gasteiger partial charge in [0.2, 0.25) is 0 Å². The summed E-state index contributed by atoms with van der Waals surface area (Å²) in [5.74, 6) is 0.110. The van der Waals surface area contributed by atoms with Crippen LogP contribution in [-0.2, 0) is 0 Å². The zero-order chi connectivity index (χ0) is 14.5. The summed E-state index contributed by atoms with van der Waals surface area (Å²) in [6.45, 7) is 11.3. The molecular formula is C16H25N3O.